The van der Waals surface area contributed by atoms with Gasteiger partial charge >= 0.3 is 5.70 Å². The quantitative estimate of drug-likeness (QED) is 0.527. The first-order valence-corrected chi connectivity index (χ1v) is 9.42. The Morgan fingerprint density at radius 3 is 2.56 bits per heavy atom. The first-order valence-electron chi connectivity index (χ1n) is 9.42. The minimum Gasteiger partial charge on any atom is -0.370 e. The van der Waals surface area contributed by atoms with E-state index in [0.717, 1.165) is 31.1 Å². The van der Waals surface area contributed by atoms with E-state index in [9.17, 15) is 20.3 Å². The van der Waals surface area contributed by atoms with Crippen molar-refractivity contribution in [2.45, 2.75) is 49.1 Å². The second-order valence-electron chi connectivity index (χ2n) is 8.02. The molecule has 2 aliphatic carbocycles. The van der Waals surface area contributed by atoms with Crippen molar-refractivity contribution >= 4 is 10.8 Å². The maximum Gasteiger partial charge on any atom is 0.327 e. The second kappa shape index (κ2) is 4.61. The topological polar surface area (TPSA) is 98.9 Å². The van der Waals surface area contributed by atoms with Gasteiger partial charge in [-0.05, 0) is 23.6 Å². The molecule has 138 valence electrons. The second-order valence-corrected chi connectivity index (χ2v) is 8.02. The molecule has 27 heavy (non-hydrogen) atoms. The Morgan fingerprint density at radius 2 is 1.81 bits per heavy atom. The molecule has 1 saturated heterocycles. The molecule has 0 radical (unpaired) electrons. The molecule has 0 aromatic heterocycles. The Morgan fingerprint density at radius 1 is 1.11 bits per heavy atom. The molecule has 2 aromatic carbocycles. The molecule has 2 aliphatic heterocycles. The van der Waals surface area contributed by atoms with Gasteiger partial charge in [-0.3, -0.25) is 10.1 Å². The molecule has 2 fully saturated rings. The van der Waals surface area contributed by atoms with E-state index in [2.05, 4.69) is 5.32 Å². The van der Waals surface area contributed by atoms with E-state index in [1.165, 1.54) is 0 Å². The van der Waals surface area contributed by atoms with Crippen LogP contribution >= 0.6 is 0 Å². The van der Waals surface area contributed by atoms with Gasteiger partial charge in [-0.15, -0.1) is 0 Å². The van der Waals surface area contributed by atoms with Crippen LogP contribution in [-0.4, -0.2) is 32.1 Å². The van der Waals surface area contributed by atoms with E-state index < -0.39 is 16.2 Å². The number of hydrogen-bond donors (Lipinski definition) is 3. The highest BCUT2D eigenvalue weighted by molar-refractivity contribution is 5.94. The standard InChI is InChI=1S/C20H19N3O4/c24-19-12-7-3-5-11-6-4-8-13(16(11)12)20(19,25)22-15-10-2-1-9-14(15)21-18(22)17(19)23(26)27/h3-8,14-15,21,24-25H,1-2,9-10H2/t14?,15?,19-,20-/m0/s1. The van der Waals surface area contributed by atoms with Crippen LogP contribution in [0.3, 0.4) is 0 Å². The third-order valence-corrected chi connectivity index (χ3v) is 6.90. The van der Waals surface area contributed by atoms with E-state index >= 15 is 0 Å². The lowest BCUT2D eigenvalue weighted by Gasteiger charge is -2.43. The number of nitro groups is 1. The zero-order valence-electron chi connectivity index (χ0n) is 14.6. The molecule has 1 saturated carbocycles. The van der Waals surface area contributed by atoms with Gasteiger partial charge in [0.05, 0.1) is 11.0 Å². The van der Waals surface area contributed by atoms with Gasteiger partial charge in [0.15, 0.2) is 5.82 Å². The van der Waals surface area contributed by atoms with Crippen LogP contribution in [-0.2, 0) is 11.3 Å². The Bertz CT molecular complexity index is 1060. The van der Waals surface area contributed by atoms with Gasteiger partial charge in [-0.1, -0.05) is 49.2 Å². The third kappa shape index (κ3) is 1.46. The summed E-state index contributed by atoms with van der Waals surface area (Å²) in [5, 5.41) is 40.8. The molecule has 0 amide bonds. The summed E-state index contributed by atoms with van der Waals surface area (Å²) in [5.41, 5.74) is -3.38. The summed E-state index contributed by atoms with van der Waals surface area (Å²) in [7, 11) is 0. The van der Waals surface area contributed by atoms with Gasteiger partial charge in [0, 0.05) is 17.2 Å². The molecule has 2 heterocycles. The summed E-state index contributed by atoms with van der Waals surface area (Å²) in [5.74, 6) is 0.272. The SMILES string of the molecule is O=[N+]([O-])C1=C2NC3CCCCC3N2[C@]2(O)c3cccc4cccc(c34)[C@]12O. The van der Waals surface area contributed by atoms with Crippen molar-refractivity contribution in [2.75, 3.05) is 0 Å². The highest BCUT2D eigenvalue weighted by Gasteiger charge is 2.76. The van der Waals surface area contributed by atoms with Gasteiger partial charge in [0.2, 0.25) is 11.3 Å². The highest BCUT2D eigenvalue weighted by Crippen LogP contribution is 2.64. The zero-order valence-corrected chi connectivity index (χ0v) is 14.6. The van der Waals surface area contributed by atoms with Crippen LogP contribution in [0, 0.1) is 10.1 Å². The maximum absolute atomic E-state index is 12.1. The molecule has 4 atom stereocenters. The molecule has 0 spiro atoms. The number of nitrogens with zero attached hydrogens (tertiary/aromatic N) is 2. The van der Waals surface area contributed by atoms with E-state index in [1.54, 1.807) is 23.1 Å². The van der Waals surface area contributed by atoms with Crippen molar-refractivity contribution in [1.82, 2.24) is 10.2 Å². The van der Waals surface area contributed by atoms with Crippen molar-refractivity contribution in [3.8, 4) is 0 Å². The monoisotopic (exact) mass is 365 g/mol. The fraction of sp³-hybridized carbons (Fsp3) is 0.400. The first kappa shape index (κ1) is 15.4. The van der Waals surface area contributed by atoms with Crippen molar-refractivity contribution in [3.63, 3.8) is 0 Å². The predicted octanol–water partition coefficient (Wildman–Crippen LogP) is 1.86. The fourth-order valence-electron chi connectivity index (χ4n) is 5.89. The lowest BCUT2D eigenvalue weighted by molar-refractivity contribution is -0.452. The number of rotatable bonds is 1. The maximum atomic E-state index is 12.1. The van der Waals surface area contributed by atoms with E-state index in [4.69, 9.17) is 0 Å². The molecule has 0 bridgehead atoms. The van der Waals surface area contributed by atoms with Crippen LogP contribution in [0.1, 0.15) is 36.8 Å². The smallest absolute Gasteiger partial charge is 0.327 e. The van der Waals surface area contributed by atoms with Crippen molar-refractivity contribution < 1.29 is 15.1 Å². The number of hydrogen-bond acceptors (Lipinski definition) is 6. The van der Waals surface area contributed by atoms with Crippen LogP contribution in [0.4, 0.5) is 0 Å². The molecule has 3 N–H and O–H groups in total. The highest BCUT2D eigenvalue weighted by atomic mass is 16.6. The van der Waals surface area contributed by atoms with Gasteiger partial charge < -0.3 is 20.4 Å². The predicted molar refractivity (Wildman–Crippen MR) is 96.8 cm³/mol. The Hall–Kier alpha value is -2.64. The molecule has 7 heteroatoms. The molecular weight excluding hydrogens is 346 g/mol. The van der Waals surface area contributed by atoms with Gasteiger partial charge in [0.1, 0.15) is 0 Å². The van der Waals surface area contributed by atoms with E-state index in [-0.39, 0.29) is 23.6 Å². The molecule has 2 unspecified atom stereocenters. The van der Waals surface area contributed by atoms with E-state index in [0.29, 0.717) is 16.5 Å². The van der Waals surface area contributed by atoms with Crippen LogP contribution in [0.25, 0.3) is 10.8 Å². The molecule has 4 aliphatic rings. The fourth-order valence-corrected chi connectivity index (χ4v) is 5.89. The largest absolute Gasteiger partial charge is 0.370 e. The number of fused-ring (bicyclic) bond motifs is 7. The van der Waals surface area contributed by atoms with Gasteiger partial charge in [-0.25, -0.2) is 0 Å². The third-order valence-electron chi connectivity index (χ3n) is 6.90. The Balaban J connectivity index is 1.72. The van der Waals surface area contributed by atoms with Gasteiger partial charge in [0.25, 0.3) is 0 Å². The molecule has 2 aromatic rings. The van der Waals surface area contributed by atoms with Crippen molar-refractivity contribution in [3.05, 3.63) is 69.2 Å². The Kier molecular flexibility index (Phi) is 2.63. The lowest BCUT2D eigenvalue weighted by atomic mass is 9.83. The van der Waals surface area contributed by atoms with Crippen molar-refractivity contribution in [1.29, 1.82) is 0 Å². The van der Waals surface area contributed by atoms with Crippen LogP contribution in [0.5, 0.6) is 0 Å². The van der Waals surface area contributed by atoms with Gasteiger partial charge in [-0.2, -0.15) is 0 Å². The number of aliphatic hydroxyl groups is 2. The first-order chi connectivity index (χ1) is 13.0. The van der Waals surface area contributed by atoms with E-state index in [1.807, 2.05) is 18.2 Å². The molecule has 7 nitrogen and oxygen atoms in total. The lowest BCUT2D eigenvalue weighted by Crippen LogP contribution is -2.57. The summed E-state index contributed by atoms with van der Waals surface area (Å²) < 4.78 is 0. The number of nitrogens with one attached hydrogen (secondary N) is 1. The summed E-state index contributed by atoms with van der Waals surface area (Å²) in [6.45, 7) is 0. The van der Waals surface area contributed by atoms with Crippen LogP contribution in [0.15, 0.2) is 47.9 Å². The Labute approximate surface area is 155 Å². The number of benzene rings is 2. The van der Waals surface area contributed by atoms with Crippen molar-refractivity contribution in [2.24, 2.45) is 0 Å². The minimum atomic E-state index is -2.11. The average Bonchev–Trinajstić information content (AvgIpc) is 3.19. The summed E-state index contributed by atoms with van der Waals surface area (Å²) >= 11 is 0. The zero-order chi connectivity index (χ0) is 18.6. The summed E-state index contributed by atoms with van der Waals surface area (Å²) in [6.07, 6.45) is 3.80. The molecule has 6 rings (SSSR count). The van der Waals surface area contributed by atoms with Crippen LogP contribution in [0.2, 0.25) is 0 Å². The summed E-state index contributed by atoms with van der Waals surface area (Å²) in [6, 6.07) is 10.8. The summed E-state index contributed by atoms with van der Waals surface area (Å²) in [4.78, 5) is 13.3. The van der Waals surface area contributed by atoms with Crippen LogP contribution < -0.4 is 5.32 Å². The molecular formula is C20H19N3O4. The minimum absolute atomic E-state index is 0.0557. The normalized spacial score (nSPS) is 35.9. The average molecular weight is 365 g/mol.